The largest absolute Gasteiger partial charge is 0.300 e. The van der Waals surface area contributed by atoms with Crippen LogP contribution in [0.25, 0.3) is 0 Å². The van der Waals surface area contributed by atoms with E-state index in [9.17, 15) is 4.79 Å². The first kappa shape index (κ1) is 9.76. The average Bonchev–Trinajstić information content (AvgIpc) is 2.27. The molecule has 0 heterocycles. The van der Waals surface area contributed by atoms with E-state index in [1.165, 1.54) is 32.1 Å². The van der Waals surface area contributed by atoms with Crippen molar-refractivity contribution in [3.63, 3.8) is 0 Å². The third-order valence-corrected chi connectivity index (χ3v) is 3.21. The Hall–Kier alpha value is -0.330. The first-order valence-corrected chi connectivity index (χ1v) is 5.26. The maximum absolute atomic E-state index is 11.3. The van der Waals surface area contributed by atoms with Gasteiger partial charge in [0.15, 0.2) is 0 Å². The van der Waals surface area contributed by atoms with Crippen molar-refractivity contribution < 1.29 is 4.79 Å². The zero-order chi connectivity index (χ0) is 8.97. The molecule has 1 rings (SSSR count). The van der Waals surface area contributed by atoms with Crippen LogP contribution in [0.3, 0.4) is 0 Å². The number of ketones is 1. The van der Waals surface area contributed by atoms with Crippen molar-refractivity contribution in [3.8, 4) is 0 Å². The van der Waals surface area contributed by atoms with E-state index >= 15 is 0 Å². The molecule has 0 aliphatic heterocycles. The molecule has 70 valence electrons. The minimum absolute atomic E-state index is 0.387. The number of hydrogen-bond acceptors (Lipinski definition) is 1. The van der Waals surface area contributed by atoms with Crippen molar-refractivity contribution >= 4 is 5.78 Å². The first-order valence-electron chi connectivity index (χ1n) is 5.26. The summed E-state index contributed by atoms with van der Waals surface area (Å²) in [6, 6.07) is 0. The molecule has 1 heteroatoms. The van der Waals surface area contributed by atoms with Crippen LogP contribution in [0.5, 0.6) is 0 Å². The van der Waals surface area contributed by atoms with Crippen molar-refractivity contribution in [2.45, 2.75) is 52.4 Å². The van der Waals surface area contributed by atoms with Gasteiger partial charge in [0.05, 0.1) is 0 Å². The highest BCUT2D eigenvalue weighted by Gasteiger charge is 2.25. The number of hydrogen-bond donors (Lipinski definition) is 0. The molecule has 1 fully saturated rings. The molecule has 0 N–H and O–H groups in total. The maximum Gasteiger partial charge on any atom is 0.133 e. The summed E-state index contributed by atoms with van der Waals surface area (Å²) in [6.45, 7) is 3.98. The van der Waals surface area contributed by atoms with Crippen LogP contribution in [0, 0.1) is 11.8 Å². The first-order chi connectivity index (χ1) is 5.75. The minimum Gasteiger partial charge on any atom is -0.300 e. The Bertz CT molecular complexity index is 151. The van der Waals surface area contributed by atoms with Crippen LogP contribution in [-0.2, 0) is 4.79 Å². The lowest BCUT2D eigenvalue weighted by molar-refractivity contribution is -0.122. The van der Waals surface area contributed by atoms with E-state index < -0.39 is 0 Å². The number of carbonyl (C=O) groups excluding carboxylic acids is 1. The molecule has 1 aliphatic rings. The van der Waals surface area contributed by atoms with E-state index in [1.807, 2.05) is 0 Å². The molecule has 1 saturated carbocycles. The van der Waals surface area contributed by atoms with Crippen LogP contribution < -0.4 is 0 Å². The van der Waals surface area contributed by atoms with Crippen LogP contribution in [0.1, 0.15) is 52.4 Å². The zero-order valence-corrected chi connectivity index (χ0v) is 8.31. The number of Topliss-reactive ketones (excluding diaryl/α,β-unsaturated/α-hetero) is 1. The van der Waals surface area contributed by atoms with Crippen LogP contribution in [0.4, 0.5) is 0 Å². The molecule has 1 nitrogen and oxygen atoms in total. The van der Waals surface area contributed by atoms with Gasteiger partial charge in [0.2, 0.25) is 0 Å². The van der Waals surface area contributed by atoms with E-state index in [1.54, 1.807) is 6.92 Å². The maximum atomic E-state index is 11.3. The van der Waals surface area contributed by atoms with Gasteiger partial charge >= 0.3 is 0 Å². The standard InChI is InChI=1S/C11H20O/c1-3-10-7-5-4-6-8-11(10)9(2)12/h10-11H,3-8H2,1-2H3/t10-,11+/m1/s1. The summed E-state index contributed by atoms with van der Waals surface area (Å²) in [4.78, 5) is 11.3. The molecule has 0 spiro atoms. The Morgan fingerprint density at radius 3 is 2.50 bits per heavy atom. The fourth-order valence-corrected chi connectivity index (χ4v) is 2.41. The van der Waals surface area contributed by atoms with Gasteiger partial charge in [0, 0.05) is 5.92 Å². The Labute approximate surface area is 75.5 Å². The van der Waals surface area contributed by atoms with Gasteiger partial charge in [-0.1, -0.05) is 32.6 Å². The van der Waals surface area contributed by atoms with Crippen molar-refractivity contribution in [1.82, 2.24) is 0 Å². The second-order valence-corrected chi connectivity index (χ2v) is 4.02. The lowest BCUT2D eigenvalue weighted by Crippen LogP contribution is -2.19. The highest BCUT2D eigenvalue weighted by atomic mass is 16.1. The van der Waals surface area contributed by atoms with E-state index in [2.05, 4.69) is 6.92 Å². The van der Waals surface area contributed by atoms with Crippen LogP contribution in [0.15, 0.2) is 0 Å². The lowest BCUT2D eigenvalue weighted by Gasteiger charge is -2.20. The van der Waals surface area contributed by atoms with Crippen LogP contribution in [-0.4, -0.2) is 5.78 Å². The molecule has 2 atom stereocenters. The number of carbonyl (C=O) groups is 1. The number of rotatable bonds is 2. The molecule has 0 amide bonds. The van der Waals surface area contributed by atoms with Crippen molar-refractivity contribution in [2.24, 2.45) is 11.8 Å². The molecular formula is C11H20O. The lowest BCUT2D eigenvalue weighted by atomic mass is 9.83. The van der Waals surface area contributed by atoms with Gasteiger partial charge in [-0.25, -0.2) is 0 Å². The smallest absolute Gasteiger partial charge is 0.133 e. The van der Waals surface area contributed by atoms with Gasteiger partial charge in [-0.2, -0.15) is 0 Å². The third-order valence-electron chi connectivity index (χ3n) is 3.21. The van der Waals surface area contributed by atoms with Gasteiger partial charge < -0.3 is 0 Å². The predicted molar refractivity (Wildman–Crippen MR) is 51.0 cm³/mol. The fraction of sp³-hybridized carbons (Fsp3) is 0.909. The van der Waals surface area contributed by atoms with Gasteiger partial charge in [-0.05, 0) is 25.7 Å². The van der Waals surface area contributed by atoms with Crippen LogP contribution >= 0.6 is 0 Å². The van der Waals surface area contributed by atoms with Gasteiger partial charge in [0.1, 0.15) is 5.78 Å². The summed E-state index contributed by atoms with van der Waals surface area (Å²) >= 11 is 0. The SMILES string of the molecule is CC[C@@H]1CCCCC[C@H]1C(C)=O. The molecule has 12 heavy (non-hydrogen) atoms. The van der Waals surface area contributed by atoms with Crippen molar-refractivity contribution in [3.05, 3.63) is 0 Å². The summed E-state index contributed by atoms with van der Waals surface area (Å²) in [5.41, 5.74) is 0. The minimum atomic E-state index is 0.387. The van der Waals surface area contributed by atoms with Gasteiger partial charge in [-0.3, -0.25) is 4.79 Å². The summed E-state index contributed by atoms with van der Waals surface area (Å²) < 4.78 is 0. The molecule has 1 aliphatic carbocycles. The average molecular weight is 168 g/mol. The fourth-order valence-electron chi connectivity index (χ4n) is 2.41. The highest BCUT2D eigenvalue weighted by molar-refractivity contribution is 5.78. The summed E-state index contributed by atoms with van der Waals surface area (Å²) in [5.74, 6) is 1.49. The van der Waals surface area contributed by atoms with E-state index in [-0.39, 0.29) is 0 Å². The highest BCUT2D eigenvalue weighted by Crippen LogP contribution is 2.31. The normalized spacial score (nSPS) is 31.2. The molecule has 0 aromatic carbocycles. The Morgan fingerprint density at radius 1 is 1.25 bits per heavy atom. The Balaban J connectivity index is 2.57. The summed E-state index contributed by atoms with van der Waals surface area (Å²) in [5, 5.41) is 0. The second kappa shape index (κ2) is 4.64. The van der Waals surface area contributed by atoms with Crippen molar-refractivity contribution in [2.75, 3.05) is 0 Å². The Kier molecular flexibility index (Phi) is 3.77. The van der Waals surface area contributed by atoms with E-state index in [0.29, 0.717) is 17.6 Å². The molecular weight excluding hydrogens is 148 g/mol. The summed E-state index contributed by atoms with van der Waals surface area (Å²) in [6.07, 6.45) is 7.54. The molecule has 0 saturated heterocycles. The van der Waals surface area contributed by atoms with Gasteiger partial charge in [0.25, 0.3) is 0 Å². The van der Waals surface area contributed by atoms with Crippen molar-refractivity contribution in [1.29, 1.82) is 0 Å². The molecule has 0 aromatic rings. The van der Waals surface area contributed by atoms with Gasteiger partial charge in [-0.15, -0.1) is 0 Å². The monoisotopic (exact) mass is 168 g/mol. The quantitative estimate of drug-likeness (QED) is 0.579. The second-order valence-electron chi connectivity index (χ2n) is 4.02. The molecule has 0 aromatic heterocycles. The topological polar surface area (TPSA) is 17.1 Å². The van der Waals surface area contributed by atoms with E-state index in [4.69, 9.17) is 0 Å². The Morgan fingerprint density at radius 2 is 1.92 bits per heavy atom. The van der Waals surface area contributed by atoms with E-state index in [0.717, 1.165) is 6.42 Å². The third kappa shape index (κ3) is 2.33. The molecule has 0 radical (unpaired) electrons. The molecule has 0 unspecified atom stereocenters. The van der Waals surface area contributed by atoms with Crippen LogP contribution in [0.2, 0.25) is 0 Å². The zero-order valence-electron chi connectivity index (χ0n) is 8.31. The predicted octanol–water partition coefficient (Wildman–Crippen LogP) is 3.18. The molecule has 0 bridgehead atoms. The summed E-state index contributed by atoms with van der Waals surface area (Å²) in [7, 11) is 0.